The van der Waals surface area contributed by atoms with Gasteiger partial charge >= 0.3 is 0 Å². The molecule has 1 aliphatic heterocycles. The average molecular weight is 437 g/mol. The Kier molecular flexibility index (Phi) is 7.86. The van der Waals surface area contributed by atoms with Crippen LogP contribution in [0.2, 0.25) is 0 Å². The van der Waals surface area contributed by atoms with Crippen LogP contribution in [0.4, 0.5) is 0 Å². The molecule has 2 aliphatic carbocycles. The first kappa shape index (κ1) is 23.3. The number of nitrogens with two attached hydrogens (primary N) is 1. The summed E-state index contributed by atoms with van der Waals surface area (Å²) < 4.78 is 0. The smallest absolute Gasteiger partial charge is 0.238 e. The summed E-state index contributed by atoms with van der Waals surface area (Å²) in [7, 11) is 0. The van der Waals surface area contributed by atoms with E-state index in [-0.39, 0.29) is 5.91 Å². The van der Waals surface area contributed by atoms with Gasteiger partial charge in [-0.3, -0.25) is 4.79 Å². The van der Waals surface area contributed by atoms with Gasteiger partial charge in [-0.05, 0) is 55.9 Å². The van der Waals surface area contributed by atoms with E-state index < -0.39 is 11.6 Å². The number of benzene rings is 1. The Bertz CT molecular complexity index is 775. The maximum atomic E-state index is 12.8. The van der Waals surface area contributed by atoms with Crippen LogP contribution >= 0.6 is 0 Å². The molecule has 3 fully saturated rings. The second kappa shape index (κ2) is 10.8. The van der Waals surface area contributed by atoms with Crippen molar-refractivity contribution < 1.29 is 4.79 Å². The van der Waals surface area contributed by atoms with E-state index in [1.165, 1.54) is 63.4 Å². The van der Waals surface area contributed by atoms with E-state index in [0.29, 0.717) is 30.7 Å². The van der Waals surface area contributed by atoms with Crippen LogP contribution in [0, 0.1) is 17.2 Å². The Morgan fingerprint density at radius 1 is 1.09 bits per heavy atom. The molecule has 3 aliphatic rings. The molecule has 174 valence electrons. The minimum atomic E-state index is -0.759. The number of nitrogens with zero attached hydrogens (tertiary/aromatic N) is 2. The van der Waals surface area contributed by atoms with Crippen molar-refractivity contribution in [1.82, 2.24) is 10.2 Å². The highest BCUT2D eigenvalue weighted by Gasteiger charge is 2.40. The summed E-state index contributed by atoms with van der Waals surface area (Å²) in [6.45, 7) is 1.75. The van der Waals surface area contributed by atoms with Crippen molar-refractivity contribution in [2.24, 2.45) is 11.7 Å². The van der Waals surface area contributed by atoms with Gasteiger partial charge in [0.2, 0.25) is 5.91 Å². The molecule has 4 rings (SSSR count). The van der Waals surface area contributed by atoms with Crippen molar-refractivity contribution in [1.29, 1.82) is 5.26 Å². The monoisotopic (exact) mass is 436 g/mol. The predicted octanol–water partition coefficient (Wildman–Crippen LogP) is 4.48. The summed E-state index contributed by atoms with van der Waals surface area (Å²) in [6.07, 6.45) is 13.3. The molecule has 1 heterocycles. The first-order valence-corrected chi connectivity index (χ1v) is 12.9. The molecule has 5 heteroatoms. The Morgan fingerprint density at radius 2 is 1.81 bits per heavy atom. The number of carbonyl (C=O) groups excluding carboxylic acids is 1. The molecule has 1 saturated heterocycles. The van der Waals surface area contributed by atoms with Crippen LogP contribution in [0.15, 0.2) is 30.3 Å². The zero-order chi connectivity index (χ0) is 22.4. The number of nitrogens with one attached hydrogen (secondary N) is 1. The van der Waals surface area contributed by atoms with Gasteiger partial charge in [0.25, 0.3) is 0 Å². The molecule has 0 spiro atoms. The van der Waals surface area contributed by atoms with Crippen LogP contribution in [-0.2, 0) is 4.79 Å². The van der Waals surface area contributed by atoms with Crippen molar-refractivity contribution >= 4 is 5.91 Å². The fourth-order valence-corrected chi connectivity index (χ4v) is 6.28. The van der Waals surface area contributed by atoms with Crippen molar-refractivity contribution in [3.05, 3.63) is 35.9 Å². The van der Waals surface area contributed by atoms with Crippen LogP contribution in [0.5, 0.6) is 0 Å². The maximum Gasteiger partial charge on any atom is 0.238 e. The fourth-order valence-electron chi connectivity index (χ4n) is 6.28. The van der Waals surface area contributed by atoms with Gasteiger partial charge in [-0.1, -0.05) is 68.9 Å². The molecule has 0 aromatic heterocycles. The lowest BCUT2D eigenvalue weighted by molar-refractivity contribution is -0.124. The molecule has 1 aromatic carbocycles. The summed E-state index contributed by atoms with van der Waals surface area (Å²) in [4.78, 5) is 15.4. The standard InChI is InChI=1S/C27H40N4O/c28-20-27(30-26(32)25(29)18-21-8-3-1-4-9-21)14-16-31(17-15-27)24-13-7-12-23(19-24)22-10-5-2-6-11-22/h2,5-6,10-11,21,23-25H,1,3-4,7-9,12-19,29H2,(H,30,32). The molecule has 3 N–H and O–H groups in total. The zero-order valence-corrected chi connectivity index (χ0v) is 19.5. The number of hydrogen-bond acceptors (Lipinski definition) is 4. The van der Waals surface area contributed by atoms with Crippen molar-refractivity contribution in [2.75, 3.05) is 13.1 Å². The van der Waals surface area contributed by atoms with Gasteiger partial charge in [0, 0.05) is 19.1 Å². The van der Waals surface area contributed by atoms with Gasteiger partial charge in [-0.15, -0.1) is 0 Å². The van der Waals surface area contributed by atoms with E-state index in [1.54, 1.807) is 0 Å². The highest BCUT2D eigenvalue weighted by Crippen LogP contribution is 2.37. The summed E-state index contributed by atoms with van der Waals surface area (Å²) in [5.74, 6) is 1.07. The van der Waals surface area contributed by atoms with Crippen molar-refractivity contribution in [3.8, 4) is 6.07 Å². The third-order valence-electron chi connectivity index (χ3n) is 8.31. The summed E-state index contributed by atoms with van der Waals surface area (Å²) in [5.41, 5.74) is 6.96. The second-order valence-corrected chi connectivity index (χ2v) is 10.5. The Balaban J connectivity index is 1.29. The van der Waals surface area contributed by atoms with Gasteiger partial charge in [-0.25, -0.2) is 0 Å². The first-order valence-electron chi connectivity index (χ1n) is 12.9. The molecule has 2 saturated carbocycles. The molecule has 5 nitrogen and oxygen atoms in total. The van der Waals surface area contributed by atoms with Crippen LogP contribution in [0.1, 0.15) is 88.5 Å². The Hall–Kier alpha value is -1.90. The largest absolute Gasteiger partial charge is 0.336 e. The van der Waals surface area contributed by atoms with Crippen LogP contribution in [-0.4, -0.2) is 41.5 Å². The van der Waals surface area contributed by atoms with E-state index in [9.17, 15) is 10.1 Å². The van der Waals surface area contributed by atoms with Gasteiger partial charge in [0.1, 0.15) is 5.54 Å². The van der Waals surface area contributed by atoms with Gasteiger partial charge in [-0.2, -0.15) is 5.26 Å². The molecular formula is C27H40N4O. The first-order chi connectivity index (χ1) is 15.6. The van der Waals surface area contributed by atoms with Crippen LogP contribution in [0.25, 0.3) is 0 Å². The topological polar surface area (TPSA) is 82.1 Å². The van der Waals surface area contributed by atoms with Crippen molar-refractivity contribution in [3.63, 3.8) is 0 Å². The van der Waals surface area contributed by atoms with Crippen molar-refractivity contribution in [2.45, 2.75) is 101 Å². The predicted molar refractivity (Wildman–Crippen MR) is 128 cm³/mol. The SMILES string of the molecule is N#CC1(NC(=O)C(N)CC2CCCCC2)CCN(C2CCCC(c3ccccc3)C2)CC1. The molecule has 1 aromatic rings. The number of carbonyl (C=O) groups is 1. The molecule has 3 unspecified atom stereocenters. The second-order valence-electron chi connectivity index (χ2n) is 10.5. The zero-order valence-electron chi connectivity index (χ0n) is 19.5. The summed E-state index contributed by atoms with van der Waals surface area (Å²) in [5, 5.41) is 13.0. The molecule has 0 radical (unpaired) electrons. The van der Waals surface area contributed by atoms with E-state index >= 15 is 0 Å². The minimum absolute atomic E-state index is 0.132. The number of piperidine rings is 1. The van der Waals surface area contributed by atoms with Crippen LogP contribution in [0.3, 0.4) is 0 Å². The lowest BCUT2D eigenvalue weighted by Crippen LogP contribution is -2.59. The number of amides is 1. The lowest BCUT2D eigenvalue weighted by Gasteiger charge is -2.44. The molecule has 32 heavy (non-hydrogen) atoms. The van der Waals surface area contributed by atoms with E-state index in [2.05, 4.69) is 46.6 Å². The fraction of sp³-hybridized carbons (Fsp3) is 0.704. The number of hydrogen-bond donors (Lipinski definition) is 2. The highest BCUT2D eigenvalue weighted by atomic mass is 16.2. The number of rotatable bonds is 6. The number of nitriles is 1. The highest BCUT2D eigenvalue weighted by molar-refractivity contribution is 5.82. The van der Waals surface area contributed by atoms with E-state index in [4.69, 9.17) is 5.73 Å². The van der Waals surface area contributed by atoms with Gasteiger partial charge in [0.05, 0.1) is 12.1 Å². The summed E-state index contributed by atoms with van der Waals surface area (Å²) in [6, 6.07) is 13.4. The maximum absolute atomic E-state index is 12.8. The minimum Gasteiger partial charge on any atom is -0.336 e. The molecule has 3 atom stereocenters. The number of likely N-dealkylation sites (tertiary alicyclic amines) is 1. The van der Waals surface area contributed by atoms with Gasteiger partial charge < -0.3 is 16.0 Å². The Morgan fingerprint density at radius 3 is 2.50 bits per heavy atom. The van der Waals surface area contributed by atoms with E-state index in [1.807, 2.05) is 0 Å². The molecule has 1 amide bonds. The molecular weight excluding hydrogens is 396 g/mol. The lowest BCUT2D eigenvalue weighted by atomic mass is 9.79. The average Bonchev–Trinajstić information content (AvgIpc) is 2.85. The van der Waals surface area contributed by atoms with E-state index in [0.717, 1.165) is 19.5 Å². The summed E-state index contributed by atoms with van der Waals surface area (Å²) >= 11 is 0. The van der Waals surface area contributed by atoms with Crippen LogP contribution < -0.4 is 11.1 Å². The Labute approximate surface area is 193 Å². The molecule has 0 bridgehead atoms. The van der Waals surface area contributed by atoms with Gasteiger partial charge in [0.15, 0.2) is 0 Å². The quantitative estimate of drug-likeness (QED) is 0.689. The normalized spacial score (nSPS) is 27.9. The third kappa shape index (κ3) is 5.71. The third-order valence-corrected chi connectivity index (χ3v) is 8.31.